The molecule has 2 amide bonds. The van der Waals surface area contributed by atoms with Gasteiger partial charge in [-0.05, 0) is 61.9 Å². The number of rotatable bonds is 10. The van der Waals surface area contributed by atoms with E-state index in [1.807, 2.05) is 13.8 Å². The minimum absolute atomic E-state index is 0.101. The Balaban J connectivity index is 1.95. The fourth-order valence-corrected chi connectivity index (χ4v) is 2.37. The summed E-state index contributed by atoms with van der Waals surface area (Å²) in [7, 11) is 1.50. The summed E-state index contributed by atoms with van der Waals surface area (Å²) in [4.78, 5) is 23.6. The van der Waals surface area contributed by atoms with E-state index >= 15 is 0 Å². The summed E-state index contributed by atoms with van der Waals surface area (Å²) in [6, 6.07) is 11.9. The molecule has 0 saturated heterocycles. The molecule has 2 rings (SSSR count). The van der Waals surface area contributed by atoms with E-state index in [2.05, 4.69) is 15.8 Å². The Kier molecular flexibility index (Phi) is 8.50. The number of benzene rings is 2. The van der Waals surface area contributed by atoms with Gasteiger partial charge in [0.05, 0.1) is 19.9 Å². The number of carbonyl (C=O) groups excluding carboxylic acids is 2. The third-order valence-corrected chi connectivity index (χ3v) is 3.73. The molecule has 0 aromatic heterocycles. The van der Waals surface area contributed by atoms with Crippen molar-refractivity contribution in [1.29, 1.82) is 0 Å². The van der Waals surface area contributed by atoms with Crippen LogP contribution in [0.15, 0.2) is 47.6 Å². The van der Waals surface area contributed by atoms with Crippen LogP contribution >= 0.6 is 0 Å². The van der Waals surface area contributed by atoms with E-state index in [0.717, 1.165) is 0 Å². The summed E-state index contributed by atoms with van der Waals surface area (Å²) in [6.45, 7) is 4.73. The fraction of sp³-hybridized carbons (Fsp3) is 0.286. The maximum atomic E-state index is 12.1. The topological polar surface area (TPSA) is 98.2 Å². The molecule has 8 heteroatoms. The van der Waals surface area contributed by atoms with E-state index in [1.165, 1.54) is 13.3 Å². The Labute approximate surface area is 169 Å². The number of hydrogen-bond donors (Lipinski definition) is 2. The Morgan fingerprint density at radius 2 is 1.79 bits per heavy atom. The van der Waals surface area contributed by atoms with Crippen LogP contribution in [0.3, 0.4) is 0 Å². The number of nitrogens with zero attached hydrogens (tertiary/aromatic N) is 1. The lowest BCUT2D eigenvalue weighted by molar-refractivity contribution is -0.123. The van der Waals surface area contributed by atoms with Gasteiger partial charge >= 0.3 is 0 Å². The van der Waals surface area contributed by atoms with Crippen molar-refractivity contribution < 1.29 is 23.8 Å². The van der Waals surface area contributed by atoms with E-state index in [9.17, 15) is 9.59 Å². The second-order valence-electron chi connectivity index (χ2n) is 5.81. The van der Waals surface area contributed by atoms with Crippen LogP contribution in [0.5, 0.6) is 17.2 Å². The van der Waals surface area contributed by atoms with Gasteiger partial charge in [0, 0.05) is 12.1 Å². The smallest absolute Gasteiger partial charge is 0.271 e. The average Bonchev–Trinajstić information content (AvgIpc) is 2.73. The van der Waals surface area contributed by atoms with E-state index in [0.29, 0.717) is 41.5 Å². The van der Waals surface area contributed by atoms with Crippen molar-refractivity contribution >= 4 is 18.0 Å². The molecule has 0 saturated carbocycles. The quantitative estimate of drug-likeness (QED) is 0.472. The van der Waals surface area contributed by atoms with E-state index in [-0.39, 0.29) is 18.4 Å². The Morgan fingerprint density at radius 3 is 2.45 bits per heavy atom. The number of hydrazone groups is 1. The molecule has 2 aromatic carbocycles. The summed E-state index contributed by atoms with van der Waals surface area (Å²) in [5.41, 5.74) is 3.63. The number of likely N-dealkylation sites (N-methyl/N-ethyl adjacent to an activating group) is 1. The normalized spacial score (nSPS) is 10.4. The van der Waals surface area contributed by atoms with Gasteiger partial charge in [0.2, 0.25) is 0 Å². The standard InChI is InChI=1S/C21H25N3O5/c1-4-22-20(25)14-29-18-11-6-15(12-19(18)27-3)13-23-24-21(26)16-7-9-17(10-8-16)28-5-2/h6-13H,4-5,14H2,1-3H3,(H,22,25)(H,24,26)/b23-13-. The monoisotopic (exact) mass is 399 g/mol. The Morgan fingerprint density at radius 1 is 1.03 bits per heavy atom. The molecule has 154 valence electrons. The first kappa shape index (κ1) is 21.7. The van der Waals surface area contributed by atoms with Crippen LogP contribution in [0.1, 0.15) is 29.8 Å². The first-order valence-electron chi connectivity index (χ1n) is 9.21. The van der Waals surface area contributed by atoms with Gasteiger partial charge < -0.3 is 19.5 Å². The Bertz CT molecular complexity index is 850. The second kappa shape index (κ2) is 11.3. The number of methoxy groups -OCH3 is 1. The lowest BCUT2D eigenvalue weighted by atomic mass is 10.2. The SMILES string of the molecule is CCNC(=O)COc1ccc(/C=N\NC(=O)c2ccc(OCC)cc2)cc1OC. The first-order chi connectivity index (χ1) is 14.1. The zero-order chi connectivity index (χ0) is 21.1. The first-order valence-corrected chi connectivity index (χ1v) is 9.21. The van der Waals surface area contributed by atoms with Crippen LogP contribution in [-0.2, 0) is 4.79 Å². The molecule has 0 aliphatic carbocycles. The zero-order valence-corrected chi connectivity index (χ0v) is 16.7. The molecule has 2 N–H and O–H groups in total. The molecule has 0 heterocycles. The van der Waals surface area contributed by atoms with Gasteiger partial charge in [-0.3, -0.25) is 9.59 Å². The molecule has 29 heavy (non-hydrogen) atoms. The second-order valence-corrected chi connectivity index (χ2v) is 5.81. The average molecular weight is 399 g/mol. The largest absolute Gasteiger partial charge is 0.494 e. The van der Waals surface area contributed by atoms with Gasteiger partial charge in [0.15, 0.2) is 18.1 Å². The van der Waals surface area contributed by atoms with Crippen LogP contribution in [0.2, 0.25) is 0 Å². The predicted molar refractivity (Wildman–Crippen MR) is 110 cm³/mol. The molecule has 8 nitrogen and oxygen atoms in total. The molecular formula is C21H25N3O5. The van der Waals surface area contributed by atoms with Crippen molar-refractivity contribution in [3.8, 4) is 17.2 Å². The van der Waals surface area contributed by atoms with Gasteiger partial charge in [-0.1, -0.05) is 0 Å². The highest BCUT2D eigenvalue weighted by Crippen LogP contribution is 2.27. The fourth-order valence-electron chi connectivity index (χ4n) is 2.37. The molecule has 0 spiro atoms. The van der Waals surface area contributed by atoms with Crippen molar-refractivity contribution in [2.45, 2.75) is 13.8 Å². The van der Waals surface area contributed by atoms with E-state index in [1.54, 1.807) is 42.5 Å². The van der Waals surface area contributed by atoms with Crippen LogP contribution in [0.25, 0.3) is 0 Å². The van der Waals surface area contributed by atoms with Gasteiger partial charge in [-0.15, -0.1) is 0 Å². The predicted octanol–water partition coefficient (Wildman–Crippen LogP) is 2.37. The van der Waals surface area contributed by atoms with Crippen molar-refractivity contribution in [3.63, 3.8) is 0 Å². The third-order valence-electron chi connectivity index (χ3n) is 3.73. The minimum Gasteiger partial charge on any atom is -0.494 e. The maximum Gasteiger partial charge on any atom is 0.271 e. The molecule has 2 aromatic rings. The number of nitrogens with one attached hydrogen (secondary N) is 2. The molecular weight excluding hydrogens is 374 g/mol. The summed E-state index contributed by atoms with van der Waals surface area (Å²) in [5.74, 6) is 1.05. The molecule has 0 atom stereocenters. The van der Waals surface area contributed by atoms with Crippen molar-refractivity contribution in [2.75, 3.05) is 26.9 Å². The number of ether oxygens (including phenoxy) is 3. The van der Waals surface area contributed by atoms with Gasteiger partial charge in [-0.25, -0.2) is 5.43 Å². The van der Waals surface area contributed by atoms with Crippen molar-refractivity contribution in [3.05, 3.63) is 53.6 Å². The van der Waals surface area contributed by atoms with Crippen molar-refractivity contribution in [2.24, 2.45) is 5.10 Å². The highest BCUT2D eigenvalue weighted by molar-refractivity contribution is 5.95. The van der Waals surface area contributed by atoms with Crippen LogP contribution < -0.4 is 25.0 Å². The lowest BCUT2D eigenvalue weighted by Gasteiger charge is -2.11. The summed E-state index contributed by atoms with van der Waals surface area (Å²) >= 11 is 0. The van der Waals surface area contributed by atoms with Gasteiger partial charge in [0.25, 0.3) is 11.8 Å². The number of hydrogen-bond acceptors (Lipinski definition) is 6. The zero-order valence-electron chi connectivity index (χ0n) is 16.7. The van der Waals surface area contributed by atoms with E-state index in [4.69, 9.17) is 14.2 Å². The summed E-state index contributed by atoms with van der Waals surface area (Å²) in [5, 5.41) is 6.62. The maximum absolute atomic E-state index is 12.1. The number of carbonyl (C=O) groups is 2. The molecule has 0 aliphatic rings. The summed E-state index contributed by atoms with van der Waals surface area (Å²) in [6.07, 6.45) is 1.49. The van der Waals surface area contributed by atoms with Gasteiger partial charge in [0.1, 0.15) is 5.75 Å². The molecule has 0 radical (unpaired) electrons. The number of amides is 2. The molecule has 0 fully saturated rings. The van der Waals surface area contributed by atoms with Crippen LogP contribution in [0.4, 0.5) is 0 Å². The van der Waals surface area contributed by atoms with Crippen LogP contribution in [-0.4, -0.2) is 44.9 Å². The Hall–Kier alpha value is -3.55. The van der Waals surface area contributed by atoms with Gasteiger partial charge in [-0.2, -0.15) is 5.10 Å². The summed E-state index contributed by atoms with van der Waals surface area (Å²) < 4.78 is 16.1. The highest BCUT2D eigenvalue weighted by atomic mass is 16.5. The highest BCUT2D eigenvalue weighted by Gasteiger charge is 2.08. The molecule has 0 unspecified atom stereocenters. The molecule has 0 aliphatic heterocycles. The molecule has 0 bridgehead atoms. The van der Waals surface area contributed by atoms with E-state index < -0.39 is 0 Å². The minimum atomic E-state index is -0.335. The van der Waals surface area contributed by atoms with Crippen LogP contribution in [0, 0.1) is 0 Å². The third kappa shape index (κ3) is 6.84. The van der Waals surface area contributed by atoms with Crippen molar-refractivity contribution in [1.82, 2.24) is 10.7 Å². The lowest BCUT2D eigenvalue weighted by Crippen LogP contribution is -2.28.